The quantitative estimate of drug-likeness (QED) is 0.576. The summed E-state index contributed by atoms with van der Waals surface area (Å²) < 4.78 is 0. The zero-order valence-corrected chi connectivity index (χ0v) is 5.47. The second-order valence-electron chi connectivity index (χ2n) is 0.542. The Morgan fingerprint density at radius 3 is 1.86 bits per heavy atom. The Kier molecular flexibility index (Phi) is 20.9. The number of carboxylic acids is 1. The van der Waals surface area contributed by atoms with Crippen LogP contribution in [-0.2, 0) is 4.79 Å². The summed E-state index contributed by atoms with van der Waals surface area (Å²) in [6.45, 7) is 2.96. The molecule has 7 heavy (non-hydrogen) atoms. The number of hydrogen-bond donors (Lipinski definition) is 2. The maximum absolute atomic E-state index is 9.25. The first-order valence-corrected chi connectivity index (χ1v) is 1.12. The molecule has 0 fully saturated rings. The van der Waals surface area contributed by atoms with E-state index in [1.807, 2.05) is 0 Å². The fourth-order valence-corrected chi connectivity index (χ4v) is 0. The predicted octanol–water partition coefficient (Wildman–Crippen LogP) is 0.997. The molecule has 0 aromatic heterocycles. The third-order valence-corrected chi connectivity index (χ3v) is 0.175. The van der Waals surface area contributed by atoms with Gasteiger partial charge >= 0.3 is 5.97 Å². The lowest BCUT2D eigenvalue weighted by molar-refractivity contribution is -0.131. The van der Waals surface area contributed by atoms with Crippen molar-refractivity contribution < 1.29 is 9.90 Å². The first-order valence-electron chi connectivity index (χ1n) is 1.12. The standard InChI is InChI=1S/C3H4O2.BrH.H3N/c1-2-3(4)5;;/h2H,1H2,(H,4,5);1H;1H3. The van der Waals surface area contributed by atoms with E-state index in [0.29, 0.717) is 0 Å². The second kappa shape index (κ2) is 9.17. The SMILES string of the molecule is Br.C=CC(=O)O.N. The molecular formula is C3H8BrNO2. The molecule has 0 spiro atoms. The van der Waals surface area contributed by atoms with Crippen molar-refractivity contribution in [3.05, 3.63) is 12.7 Å². The van der Waals surface area contributed by atoms with Crippen molar-refractivity contribution in [2.45, 2.75) is 0 Å². The van der Waals surface area contributed by atoms with E-state index in [1.165, 1.54) is 0 Å². The molecule has 0 rings (SSSR count). The van der Waals surface area contributed by atoms with E-state index in [2.05, 4.69) is 6.58 Å². The van der Waals surface area contributed by atoms with Crippen molar-refractivity contribution in [3.8, 4) is 0 Å². The number of halogens is 1. The summed E-state index contributed by atoms with van der Waals surface area (Å²) in [5.74, 6) is -0.981. The van der Waals surface area contributed by atoms with Gasteiger partial charge in [0, 0.05) is 6.08 Å². The molecule has 0 amide bonds. The van der Waals surface area contributed by atoms with Gasteiger partial charge in [0.25, 0.3) is 0 Å². The molecule has 0 saturated heterocycles. The molecule has 0 heterocycles. The van der Waals surface area contributed by atoms with Gasteiger partial charge in [-0.2, -0.15) is 0 Å². The third kappa shape index (κ3) is 27.6. The smallest absolute Gasteiger partial charge is 0.327 e. The lowest BCUT2D eigenvalue weighted by atomic mass is 10.7. The minimum atomic E-state index is -0.981. The molecular weight excluding hydrogens is 162 g/mol. The number of rotatable bonds is 1. The molecule has 0 radical (unpaired) electrons. The summed E-state index contributed by atoms with van der Waals surface area (Å²) in [4.78, 5) is 9.25. The maximum atomic E-state index is 9.25. The van der Waals surface area contributed by atoms with Crippen molar-refractivity contribution in [2.75, 3.05) is 0 Å². The van der Waals surface area contributed by atoms with Crippen molar-refractivity contribution in [2.24, 2.45) is 0 Å². The molecule has 0 unspecified atom stereocenters. The van der Waals surface area contributed by atoms with Crippen molar-refractivity contribution in [1.29, 1.82) is 0 Å². The Hall–Kier alpha value is -0.350. The number of aliphatic carboxylic acids is 1. The molecule has 0 atom stereocenters. The van der Waals surface area contributed by atoms with Crippen LogP contribution in [-0.4, -0.2) is 11.1 Å². The molecule has 44 valence electrons. The number of hydrogen-bond acceptors (Lipinski definition) is 2. The molecule has 3 nitrogen and oxygen atoms in total. The van der Waals surface area contributed by atoms with Gasteiger partial charge in [-0.05, 0) is 0 Å². The van der Waals surface area contributed by atoms with Crippen molar-refractivity contribution >= 4 is 23.0 Å². The van der Waals surface area contributed by atoms with Crippen LogP contribution >= 0.6 is 17.0 Å². The number of carboxylic acid groups (broad SMARTS) is 1. The first kappa shape index (κ1) is 15.9. The van der Waals surface area contributed by atoms with E-state index >= 15 is 0 Å². The van der Waals surface area contributed by atoms with E-state index in [0.717, 1.165) is 6.08 Å². The summed E-state index contributed by atoms with van der Waals surface area (Å²) in [6, 6.07) is 0. The molecule has 0 aromatic rings. The molecule has 0 aliphatic rings. The van der Waals surface area contributed by atoms with Crippen LogP contribution < -0.4 is 6.15 Å². The van der Waals surface area contributed by atoms with Crippen LogP contribution in [0.15, 0.2) is 12.7 Å². The lowest BCUT2D eigenvalue weighted by Crippen LogP contribution is -1.82. The lowest BCUT2D eigenvalue weighted by Gasteiger charge is -1.64. The van der Waals surface area contributed by atoms with Gasteiger partial charge in [0.05, 0.1) is 0 Å². The highest BCUT2D eigenvalue weighted by Gasteiger charge is 1.73. The topological polar surface area (TPSA) is 72.3 Å². The molecule has 0 aromatic carbocycles. The normalized spacial score (nSPS) is 4.57. The molecule has 0 aliphatic heterocycles. The predicted molar refractivity (Wildman–Crippen MR) is 33.2 cm³/mol. The Morgan fingerprint density at radius 2 is 1.86 bits per heavy atom. The van der Waals surface area contributed by atoms with Gasteiger partial charge in [0.2, 0.25) is 0 Å². The van der Waals surface area contributed by atoms with Crippen LogP contribution in [0.1, 0.15) is 0 Å². The minimum absolute atomic E-state index is 0. The monoisotopic (exact) mass is 169 g/mol. The highest BCUT2D eigenvalue weighted by molar-refractivity contribution is 8.93. The largest absolute Gasteiger partial charge is 0.478 e. The molecule has 4 heteroatoms. The highest BCUT2D eigenvalue weighted by atomic mass is 79.9. The summed E-state index contributed by atoms with van der Waals surface area (Å²) in [7, 11) is 0. The van der Waals surface area contributed by atoms with Gasteiger partial charge < -0.3 is 11.3 Å². The Bertz CT molecular complexity index is 64.0. The third-order valence-electron chi connectivity index (χ3n) is 0.175. The zero-order chi connectivity index (χ0) is 4.28. The van der Waals surface area contributed by atoms with Gasteiger partial charge in [-0.15, -0.1) is 17.0 Å². The highest BCUT2D eigenvalue weighted by Crippen LogP contribution is 1.54. The average molecular weight is 170 g/mol. The van der Waals surface area contributed by atoms with E-state index in [-0.39, 0.29) is 23.1 Å². The van der Waals surface area contributed by atoms with Gasteiger partial charge in [0.1, 0.15) is 0 Å². The van der Waals surface area contributed by atoms with Gasteiger partial charge in [0.15, 0.2) is 0 Å². The van der Waals surface area contributed by atoms with Crippen LogP contribution in [0.25, 0.3) is 0 Å². The van der Waals surface area contributed by atoms with Crippen LogP contribution in [0.3, 0.4) is 0 Å². The molecule has 0 saturated carbocycles. The van der Waals surface area contributed by atoms with Gasteiger partial charge in [-0.25, -0.2) is 4.79 Å². The fourth-order valence-electron chi connectivity index (χ4n) is 0. The molecule has 0 bridgehead atoms. The average Bonchev–Trinajstić information content (AvgIpc) is 1.38. The second-order valence-corrected chi connectivity index (χ2v) is 0.542. The zero-order valence-electron chi connectivity index (χ0n) is 3.76. The summed E-state index contributed by atoms with van der Waals surface area (Å²) in [6.07, 6.45) is 0.833. The van der Waals surface area contributed by atoms with Crippen LogP contribution in [0.4, 0.5) is 0 Å². The fraction of sp³-hybridized carbons (Fsp3) is 0. The van der Waals surface area contributed by atoms with Gasteiger partial charge in [-0.3, -0.25) is 0 Å². The van der Waals surface area contributed by atoms with Gasteiger partial charge in [-0.1, -0.05) is 6.58 Å². The summed E-state index contributed by atoms with van der Waals surface area (Å²) >= 11 is 0. The first-order chi connectivity index (χ1) is 2.27. The van der Waals surface area contributed by atoms with Crippen molar-refractivity contribution in [3.63, 3.8) is 0 Å². The van der Waals surface area contributed by atoms with E-state index in [1.54, 1.807) is 0 Å². The van der Waals surface area contributed by atoms with E-state index < -0.39 is 5.97 Å². The Morgan fingerprint density at radius 1 is 1.71 bits per heavy atom. The summed E-state index contributed by atoms with van der Waals surface area (Å²) in [5, 5.41) is 7.60. The van der Waals surface area contributed by atoms with E-state index in [4.69, 9.17) is 5.11 Å². The summed E-state index contributed by atoms with van der Waals surface area (Å²) in [5.41, 5.74) is 0. The Balaban J connectivity index is -0.0000000800. The van der Waals surface area contributed by atoms with Crippen LogP contribution in [0.5, 0.6) is 0 Å². The number of carbonyl (C=O) groups is 1. The van der Waals surface area contributed by atoms with Crippen molar-refractivity contribution in [1.82, 2.24) is 6.15 Å². The van der Waals surface area contributed by atoms with Crippen LogP contribution in [0, 0.1) is 0 Å². The van der Waals surface area contributed by atoms with E-state index in [9.17, 15) is 4.79 Å². The Labute approximate surface area is 52.4 Å². The minimum Gasteiger partial charge on any atom is -0.478 e. The van der Waals surface area contributed by atoms with Crippen LogP contribution in [0.2, 0.25) is 0 Å². The molecule has 0 aliphatic carbocycles. The maximum Gasteiger partial charge on any atom is 0.327 e. The molecule has 4 N–H and O–H groups in total.